The monoisotopic (exact) mass is 779 g/mol. The number of benzene rings is 5. The van der Waals surface area contributed by atoms with Crippen molar-refractivity contribution in [3.8, 4) is 11.5 Å². The molecule has 1 fully saturated rings. The highest BCUT2D eigenvalue weighted by molar-refractivity contribution is 6.28. The Bertz CT molecular complexity index is 2590. The van der Waals surface area contributed by atoms with Gasteiger partial charge < -0.3 is 29.4 Å². The molecule has 3 N–H and O–H groups in total. The average molecular weight is 780 g/mol. The van der Waals surface area contributed by atoms with Crippen molar-refractivity contribution < 1.29 is 38.4 Å². The Balaban J connectivity index is 1.15. The van der Waals surface area contributed by atoms with Crippen molar-refractivity contribution in [3.05, 3.63) is 199 Å². The molecule has 1 aliphatic carbocycles. The Kier molecular flexibility index (Phi) is 10.2. The smallest absolute Gasteiger partial charge is 0.330 e. The molecule has 0 spiro atoms. The highest BCUT2D eigenvalue weighted by Crippen LogP contribution is 2.43. The summed E-state index contributed by atoms with van der Waals surface area (Å²) < 4.78 is 25.3. The van der Waals surface area contributed by atoms with Gasteiger partial charge in [0.05, 0.1) is 20.8 Å². The van der Waals surface area contributed by atoms with Gasteiger partial charge in [0.25, 0.3) is 11.5 Å². The molecule has 0 bridgehead atoms. The van der Waals surface area contributed by atoms with Crippen LogP contribution in [0.1, 0.15) is 65.1 Å². The van der Waals surface area contributed by atoms with Gasteiger partial charge in [-0.2, -0.15) is 0 Å². The number of hydrogen-bond acceptors (Lipinski definition) is 10. The van der Waals surface area contributed by atoms with E-state index in [1.54, 1.807) is 38.5 Å². The number of carbonyl (C=O) groups excluding carboxylic acids is 3. The number of hydrogen-bond donors (Lipinski definition) is 3. The van der Waals surface area contributed by atoms with Gasteiger partial charge in [0.15, 0.2) is 17.8 Å². The lowest BCUT2D eigenvalue weighted by Crippen LogP contribution is -2.49. The van der Waals surface area contributed by atoms with E-state index in [0.29, 0.717) is 11.5 Å². The number of aliphatic hydroxyl groups excluding tert-OH is 1. The number of amides is 1. The van der Waals surface area contributed by atoms with E-state index in [1.165, 1.54) is 24.4 Å². The molecule has 292 valence electrons. The first-order valence-corrected chi connectivity index (χ1v) is 18.4. The van der Waals surface area contributed by atoms with Crippen molar-refractivity contribution in [2.24, 2.45) is 0 Å². The van der Waals surface area contributed by atoms with Gasteiger partial charge in [0, 0.05) is 40.1 Å². The number of aromatic amines is 1. The Morgan fingerprint density at radius 3 is 1.86 bits per heavy atom. The minimum Gasteiger partial charge on any atom is -0.497 e. The molecule has 8 rings (SSSR count). The maximum atomic E-state index is 14.0. The van der Waals surface area contributed by atoms with Gasteiger partial charge in [-0.25, -0.2) is 4.79 Å². The lowest BCUT2D eigenvalue weighted by Gasteiger charge is -2.37. The molecule has 1 amide bonds. The first kappa shape index (κ1) is 38.0. The maximum absolute atomic E-state index is 14.0. The van der Waals surface area contributed by atoms with E-state index in [2.05, 4.69) is 10.3 Å². The first-order chi connectivity index (χ1) is 28.1. The van der Waals surface area contributed by atoms with E-state index in [4.69, 9.17) is 18.9 Å². The normalized spacial score (nSPS) is 18.6. The molecule has 2 aliphatic rings. The summed E-state index contributed by atoms with van der Waals surface area (Å²) in [5.41, 5.74) is 0.175. The minimum absolute atomic E-state index is 0.0286. The van der Waals surface area contributed by atoms with Gasteiger partial charge in [-0.05, 0) is 59.2 Å². The molecule has 5 aromatic carbocycles. The molecule has 1 aromatic heterocycles. The van der Waals surface area contributed by atoms with Crippen LogP contribution in [0.3, 0.4) is 0 Å². The van der Waals surface area contributed by atoms with Gasteiger partial charge in [0.1, 0.15) is 35.3 Å². The lowest BCUT2D eigenvalue weighted by atomic mass is 9.80. The zero-order valence-corrected chi connectivity index (χ0v) is 31.3. The summed E-state index contributed by atoms with van der Waals surface area (Å²) in [6, 6.07) is 34.7. The van der Waals surface area contributed by atoms with Crippen LogP contribution in [-0.4, -0.2) is 71.2 Å². The molecule has 13 nitrogen and oxygen atoms in total. The van der Waals surface area contributed by atoms with Crippen LogP contribution in [0.2, 0.25) is 0 Å². The topological polar surface area (TPSA) is 175 Å². The standard InChI is InChI=1S/C45H37N3O10/c1-55-30-17-13-28(14-18-30)45(27-8-4-3-5-9-27,29-15-19-31(56-2)20-16-29)57-25-36-41(52)38(43(58-36)48-23-22-37(49)46-44(48)54)47-42(53)26-12-21-34-35(24-26)40(51)33-11-7-6-10-32(33)39(34)50/h3-24,36,38,41,43,52H,25H2,1-2H3,(H,47,53)(H,46,49,54)/t36-,38-,41-,43-/m1/s1. The molecule has 2 heterocycles. The third-order valence-corrected chi connectivity index (χ3v) is 10.6. The van der Waals surface area contributed by atoms with Crippen molar-refractivity contribution in [3.63, 3.8) is 0 Å². The van der Waals surface area contributed by atoms with E-state index in [-0.39, 0.29) is 40.2 Å². The third-order valence-electron chi connectivity index (χ3n) is 10.6. The maximum Gasteiger partial charge on any atom is 0.330 e. The summed E-state index contributed by atoms with van der Waals surface area (Å²) >= 11 is 0. The first-order valence-electron chi connectivity index (χ1n) is 18.4. The molecule has 4 atom stereocenters. The van der Waals surface area contributed by atoms with Crippen LogP contribution in [-0.2, 0) is 15.1 Å². The predicted molar refractivity (Wildman–Crippen MR) is 211 cm³/mol. The summed E-state index contributed by atoms with van der Waals surface area (Å²) in [6.07, 6.45) is -2.73. The molecule has 0 unspecified atom stereocenters. The SMILES string of the molecule is COc1ccc(C(OC[C@H]2O[C@@H](n3ccc(=O)[nH]c3=O)[C@H](NC(=O)c3ccc4c(c3)C(=O)c3ccccc3C4=O)[C@@H]2O)(c2ccccc2)c2ccc(OC)cc2)cc1. The van der Waals surface area contributed by atoms with Crippen LogP contribution in [0, 0.1) is 0 Å². The second-order valence-electron chi connectivity index (χ2n) is 13.9. The van der Waals surface area contributed by atoms with Crippen LogP contribution in [0.25, 0.3) is 0 Å². The summed E-state index contributed by atoms with van der Waals surface area (Å²) in [4.78, 5) is 68.1. The number of ether oxygens (including phenoxy) is 4. The van der Waals surface area contributed by atoms with Crippen molar-refractivity contribution in [2.75, 3.05) is 20.8 Å². The molecular weight excluding hydrogens is 743 g/mol. The van der Waals surface area contributed by atoms with Gasteiger partial charge in [-0.1, -0.05) is 78.9 Å². The average Bonchev–Trinajstić information content (AvgIpc) is 3.56. The van der Waals surface area contributed by atoms with Gasteiger partial charge >= 0.3 is 5.69 Å². The molecule has 1 saturated heterocycles. The number of H-pyrrole nitrogens is 1. The fraction of sp³-hybridized carbons (Fsp3) is 0.178. The van der Waals surface area contributed by atoms with Gasteiger partial charge in [-0.15, -0.1) is 0 Å². The number of nitrogens with zero attached hydrogens (tertiary/aromatic N) is 1. The van der Waals surface area contributed by atoms with Crippen LogP contribution in [0.4, 0.5) is 0 Å². The Hall–Kier alpha value is -6.93. The molecular formula is C45H37N3O10. The number of nitrogens with one attached hydrogen (secondary N) is 2. The second kappa shape index (κ2) is 15.5. The zero-order chi connectivity index (χ0) is 40.6. The van der Waals surface area contributed by atoms with E-state index in [9.17, 15) is 29.1 Å². The van der Waals surface area contributed by atoms with E-state index < -0.39 is 53.0 Å². The van der Waals surface area contributed by atoms with Crippen LogP contribution in [0.15, 0.2) is 143 Å². The summed E-state index contributed by atoms with van der Waals surface area (Å²) in [5.74, 6) is -0.207. The predicted octanol–water partition coefficient (Wildman–Crippen LogP) is 4.39. The largest absolute Gasteiger partial charge is 0.497 e. The number of methoxy groups -OCH3 is 2. The zero-order valence-electron chi connectivity index (χ0n) is 31.3. The Labute approximate surface area is 331 Å². The Morgan fingerprint density at radius 1 is 0.724 bits per heavy atom. The minimum atomic E-state index is -1.47. The van der Waals surface area contributed by atoms with Crippen molar-refractivity contribution in [2.45, 2.75) is 30.1 Å². The van der Waals surface area contributed by atoms with Gasteiger partial charge in [0.2, 0.25) is 0 Å². The Morgan fingerprint density at radius 2 is 1.28 bits per heavy atom. The molecule has 0 radical (unpaired) electrons. The summed E-state index contributed by atoms with van der Waals surface area (Å²) in [7, 11) is 3.14. The van der Waals surface area contributed by atoms with E-state index in [0.717, 1.165) is 27.3 Å². The number of fused-ring (bicyclic) bond motifs is 2. The van der Waals surface area contributed by atoms with Crippen molar-refractivity contribution >= 4 is 17.5 Å². The molecule has 13 heteroatoms. The molecule has 6 aromatic rings. The number of rotatable bonds is 11. The molecule has 0 saturated carbocycles. The van der Waals surface area contributed by atoms with Crippen LogP contribution >= 0.6 is 0 Å². The molecule has 58 heavy (non-hydrogen) atoms. The quantitative estimate of drug-likeness (QED) is 0.160. The van der Waals surface area contributed by atoms with Crippen LogP contribution < -0.4 is 26.0 Å². The fourth-order valence-electron chi connectivity index (χ4n) is 7.66. The van der Waals surface area contributed by atoms with E-state index >= 15 is 0 Å². The second-order valence-corrected chi connectivity index (χ2v) is 13.9. The van der Waals surface area contributed by atoms with Crippen molar-refractivity contribution in [1.29, 1.82) is 0 Å². The highest BCUT2D eigenvalue weighted by atomic mass is 16.6. The highest BCUT2D eigenvalue weighted by Gasteiger charge is 2.48. The third kappa shape index (κ3) is 6.70. The van der Waals surface area contributed by atoms with Crippen LogP contribution in [0.5, 0.6) is 11.5 Å². The fourth-order valence-corrected chi connectivity index (χ4v) is 7.66. The number of ketones is 2. The molecule has 1 aliphatic heterocycles. The number of aromatic nitrogens is 2. The number of aliphatic hydroxyl groups is 1. The van der Waals surface area contributed by atoms with E-state index in [1.807, 2.05) is 78.9 Å². The summed E-state index contributed by atoms with van der Waals surface area (Å²) in [5, 5.41) is 14.8. The summed E-state index contributed by atoms with van der Waals surface area (Å²) in [6.45, 7) is -0.260. The number of carbonyl (C=O) groups is 3. The van der Waals surface area contributed by atoms with Gasteiger partial charge in [-0.3, -0.25) is 28.7 Å². The lowest BCUT2D eigenvalue weighted by molar-refractivity contribution is -0.0946. The van der Waals surface area contributed by atoms with Crippen molar-refractivity contribution in [1.82, 2.24) is 14.9 Å².